The van der Waals surface area contributed by atoms with Crippen LogP contribution in [-0.2, 0) is 0 Å². The van der Waals surface area contributed by atoms with Gasteiger partial charge in [0.2, 0.25) is 0 Å². The average Bonchev–Trinajstić information content (AvgIpc) is 2.36. The normalized spacial score (nSPS) is 11.1. The standard InChI is InChI=1S/C13H20N2O3/c1-13(2,8-16)7-15-12(17)10-6-9(14)4-5-11(10)18-3/h4-6,16H,7-8,14H2,1-3H3,(H,15,17). The molecule has 0 aliphatic heterocycles. The molecular formula is C13H20N2O3. The first-order valence-electron chi connectivity index (χ1n) is 5.72. The summed E-state index contributed by atoms with van der Waals surface area (Å²) in [5.74, 6) is 0.212. The zero-order valence-electron chi connectivity index (χ0n) is 11.0. The van der Waals surface area contributed by atoms with Crippen LogP contribution in [0.15, 0.2) is 18.2 Å². The summed E-state index contributed by atoms with van der Waals surface area (Å²) in [5, 5.41) is 11.9. The second kappa shape index (κ2) is 5.73. The van der Waals surface area contributed by atoms with Crippen molar-refractivity contribution in [3.8, 4) is 5.75 Å². The van der Waals surface area contributed by atoms with Crippen LogP contribution in [0.5, 0.6) is 5.75 Å². The molecule has 0 aliphatic rings. The number of carbonyl (C=O) groups is 1. The van der Waals surface area contributed by atoms with Crippen molar-refractivity contribution in [2.75, 3.05) is 26.0 Å². The third kappa shape index (κ3) is 3.63. The summed E-state index contributed by atoms with van der Waals surface area (Å²) in [6, 6.07) is 4.90. The van der Waals surface area contributed by atoms with Crippen molar-refractivity contribution in [3.63, 3.8) is 0 Å². The fourth-order valence-corrected chi connectivity index (χ4v) is 1.37. The number of amides is 1. The van der Waals surface area contributed by atoms with Crippen LogP contribution < -0.4 is 15.8 Å². The molecule has 0 aliphatic carbocycles. The van der Waals surface area contributed by atoms with E-state index in [9.17, 15) is 4.79 Å². The van der Waals surface area contributed by atoms with Crippen molar-refractivity contribution in [3.05, 3.63) is 23.8 Å². The summed E-state index contributed by atoms with van der Waals surface area (Å²) in [4.78, 5) is 12.0. The van der Waals surface area contributed by atoms with E-state index in [-0.39, 0.29) is 17.9 Å². The summed E-state index contributed by atoms with van der Waals surface area (Å²) < 4.78 is 5.11. The van der Waals surface area contributed by atoms with E-state index in [4.69, 9.17) is 15.6 Å². The minimum Gasteiger partial charge on any atom is -0.496 e. The minimum atomic E-state index is -0.358. The first-order chi connectivity index (χ1) is 8.39. The van der Waals surface area contributed by atoms with Gasteiger partial charge in [0.25, 0.3) is 5.91 Å². The molecule has 18 heavy (non-hydrogen) atoms. The largest absolute Gasteiger partial charge is 0.496 e. The topological polar surface area (TPSA) is 84.6 Å². The summed E-state index contributed by atoms with van der Waals surface area (Å²) in [6.45, 7) is 4.11. The van der Waals surface area contributed by atoms with Crippen LogP contribution in [0.3, 0.4) is 0 Å². The number of nitrogen functional groups attached to an aromatic ring is 1. The number of carbonyl (C=O) groups excluding carboxylic acids is 1. The van der Waals surface area contributed by atoms with Crippen LogP contribution in [-0.4, -0.2) is 31.3 Å². The predicted octanol–water partition coefficient (Wildman–Crippen LogP) is 1.03. The Bertz CT molecular complexity index is 430. The van der Waals surface area contributed by atoms with Crippen molar-refractivity contribution in [2.24, 2.45) is 5.41 Å². The van der Waals surface area contributed by atoms with Gasteiger partial charge < -0.3 is 20.9 Å². The van der Waals surface area contributed by atoms with E-state index in [1.807, 2.05) is 13.8 Å². The van der Waals surface area contributed by atoms with E-state index in [0.717, 1.165) is 0 Å². The van der Waals surface area contributed by atoms with Gasteiger partial charge >= 0.3 is 0 Å². The second-order valence-corrected chi connectivity index (χ2v) is 4.96. The Balaban J connectivity index is 2.81. The molecule has 1 aromatic carbocycles. The SMILES string of the molecule is COc1ccc(N)cc1C(=O)NCC(C)(C)CO. The highest BCUT2D eigenvalue weighted by Gasteiger charge is 2.19. The van der Waals surface area contributed by atoms with Crippen molar-refractivity contribution >= 4 is 11.6 Å². The van der Waals surface area contributed by atoms with Gasteiger partial charge in [0.1, 0.15) is 5.75 Å². The molecule has 0 spiro atoms. The van der Waals surface area contributed by atoms with Gasteiger partial charge in [-0.25, -0.2) is 0 Å². The zero-order chi connectivity index (χ0) is 13.8. The van der Waals surface area contributed by atoms with E-state index < -0.39 is 0 Å². The van der Waals surface area contributed by atoms with Gasteiger partial charge in [0.05, 0.1) is 12.7 Å². The molecule has 5 nitrogen and oxygen atoms in total. The highest BCUT2D eigenvalue weighted by Crippen LogP contribution is 2.21. The number of benzene rings is 1. The van der Waals surface area contributed by atoms with Crippen molar-refractivity contribution in [2.45, 2.75) is 13.8 Å². The number of hydrogen-bond donors (Lipinski definition) is 3. The minimum absolute atomic E-state index is 0.00133. The summed E-state index contributed by atoms with van der Waals surface area (Å²) in [5.41, 5.74) is 6.19. The molecule has 0 fully saturated rings. The number of aliphatic hydroxyl groups is 1. The van der Waals surface area contributed by atoms with Crippen molar-refractivity contribution < 1.29 is 14.6 Å². The number of ether oxygens (including phenoxy) is 1. The van der Waals surface area contributed by atoms with E-state index in [2.05, 4.69) is 5.32 Å². The molecule has 1 rings (SSSR count). The summed E-state index contributed by atoms with van der Waals surface area (Å²) in [7, 11) is 1.50. The Morgan fingerprint density at radius 3 is 2.72 bits per heavy atom. The molecule has 1 aromatic rings. The van der Waals surface area contributed by atoms with Crippen molar-refractivity contribution in [1.29, 1.82) is 0 Å². The Morgan fingerprint density at radius 2 is 2.17 bits per heavy atom. The third-order valence-corrected chi connectivity index (χ3v) is 2.62. The number of nitrogens with two attached hydrogens (primary N) is 1. The van der Waals surface area contributed by atoms with Gasteiger partial charge in [-0.05, 0) is 18.2 Å². The van der Waals surface area contributed by atoms with E-state index >= 15 is 0 Å². The number of aliphatic hydroxyl groups excluding tert-OH is 1. The maximum atomic E-state index is 12.0. The first kappa shape index (κ1) is 14.3. The molecule has 1 amide bonds. The molecule has 0 heterocycles. The molecule has 0 saturated carbocycles. The van der Waals surface area contributed by atoms with Crippen LogP contribution >= 0.6 is 0 Å². The quantitative estimate of drug-likeness (QED) is 0.683. The number of nitrogens with one attached hydrogen (secondary N) is 1. The average molecular weight is 252 g/mol. The van der Waals surface area contributed by atoms with E-state index in [0.29, 0.717) is 23.5 Å². The molecule has 0 radical (unpaired) electrons. The lowest BCUT2D eigenvalue weighted by molar-refractivity contribution is 0.0908. The molecule has 0 unspecified atom stereocenters. The van der Waals surface area contributed by atoms with Crippen LogP contribution in [0.1, 0.15) is 24.2 Å². The Kier molecular flexibility index (Phi) is 4.55. The molecular weight excluding hydrogens is 232 g/mol. The van der Waals surface area contributed by atoms with E-state index in [1.165, 1.54) is 7.11 Å². The highest BCUT2D eigenvalue weighted by atomic mass is 16.5. The van der Waals surface area contributed by atoms with Crippen LogP contribution in [0, 0.1) is 5.41 Å². The molecule has 4 N–H and O–H groups in total. The fourth-order valence-electron chi connectivity index (χ4n) is 1.37. The van der Waals surface area contributed by atoms with Crippen molar-refractivity contribution in [1.82, 2.24) is 5.32 Å². The van der Waals surface area contributed by atoms with Gasteiger partial charge in [0, 0.05) is 24.3 Å². The van der Waals surface area contributed by atoms with Gasteiger partial charge in [-0.15, -0.1) is 0 Å². The second-order valence-electron chi connectivity index (χ2n) is 4.96. The fraction of sp³-hybridized carbons (Fsp3) is 0.462. The summed E-state index contributed by atoms with van der Waals surface area (Å²) in [6.07, 6.45) is 0. The zero-order valence-corrected chi connectivity index (χ0v) is 11.0. The maximum Gasteiger partial charge on any atom is 0.255 e. The molecule has 0 saturated heterocycles. The number of methoxy groups -OCH3 is 1. The Labute approximate surface area is 107 Å². The van der Waals surface area contributed by atoms with Crippen LogP contribution in [0.4, 0.5) is 5.69 Å². The third-order valence-electron chi connectivity index (χ3n) is 2.62. The number of rotatable bonds is 5. The lowest BCUT2D eigenvalue weighted by Gasteiger charge is -2.22. The van der Waals surface area contributed by atoms with Gasteiger partial charge in [-0.2, -0.15) is 0 Å². The smallest absolute Gasteiger partial charge is 0.255 e. The molecule has 5 heteroatoms. The molecule has 0 bridgehead atoms. The number of anilines is 1. The molecule has 0 atom stereocenters. The summed E-state index contributed by atoms with van der Waals surface area (Å²) >= 11 is 0. The molecule has 0 aromatic heterocycles. The first-order valence-corrected chi connectivity index (χ1v) is 5.72. The maximum absolute atomic E-state index is 12.0. The van der Waals surface area contributed by atoms with Gasteiger partial charge in [0.15, 0.2) is 0 Å². The Hall–Kier alpha value is -1.75. The Morgan fingerprint density at radius 1 is 1.50 bits per heavy atom. The van der Waals surface area contributed by atoms with Gasteiger partial charge in [-0.1, -0.05) is 13.8 Å². The molecule has 100 valence electrons. The predicted molar refractivity (Wildman–Crippen MR) is 70.6 cm³/mol. The van der Waals surface area contributed by atoms with Gasteiger partial charge in [-0.3, -0.25) is 4.79 Å². The highest BCUT2D eigenvalue weighted by molar-refractivity contribution is 5.97. The van der Waals surface area contributed by atoms with Crippen LogP contribution in [0.25, 0.3) is 0 Å². The lowest BCUT2D eigenvalue weighted by Crippen LogP contribution is -2.36. The van der Waals surface area contributed by atoms with Crippen LogP contribution in [0.2, 0.25) is 0 Å². The van der Waals surface area contributed by atoms with E-state index in [1.54, 1.807) is 18.2 Å². The monoisotopic (exact) mass is 252 g/mol. The number of hydrogen-bond acceptors (Lipinski definition) is 4. The lowest BCUT2D eigenvalue weighted by atomic mass is 9.95.